The van der Waals surface area contributed by atoms with Gasteiger partial charge in [0, 0.05) is 43.7 Å². The number of amides is 2. The Bertz CT molecular complexity index is 1410. The summed E-state index contributed by atoms with van der Waals surface area (Å²) < 4.78 is 26.0. The van der Waals surface area contributed by atoms with E-state index in [1.807, 2.05) is 13.8 Å². The molecule has 0 saturated carbocycles. The molecule has 12 heteroatoms. The summed E-state index contributed by atoms with van der Waals surface area (Å²) in [7, 11) is 1.43. The Kier molecular flexibility index (Phi) is 11.7. The monoisotopic (exact) mass is 608 g/mol. The number of nitrogens with zero attached hydrogens (tertiary/aromatic N) is 5. The van der Waals surface area contributed by atoms with E-state index in [0.717, 1.165) is 31.0 Å². The summed E-state index contributed by atoms with van der Waals surface area (Å²) in [6.07, 6.45) is 4.83. The molecule has 0 unspecified atom stereocenters. The van der Waals surface area contributed by atoms with Crippen LogP contribution in [0.2, 0.25) is 0 Å². The molecule has 0 atom stereocenters. The first-order chi connectivity index (χ1) is 21.3. The van der Waals surface area contributed by atoms with Crippen LogP contribution in [-0.2, 0) is 11.2 Å². The minimum Gasteiger partial charge on any atom is -0.495 e. The number of carboxylic acid groups (broad SMARTS) is 1. The van der Waals surface area contributed by atoms with Gasteiger partial charge in [0.15, 0.2) is 11.6 Å². The van der Waals surface area contributed by atoms with Crippen molar-refractivity contribution in [3.63, 3.8) is 0 Å². The van der Waals surface area contributed by atoms with Gasteiger partial charge in [0.05, 0.1) is 25.8 Å². The number of likely N-dealkylation sites (N-methyl/N-ethyl adjacent to an activating group) is 1. The molecule has 0 radical (unpaired) electrons. The number of nitrogens with one attached hydrogen (secondary N) is 1. The molecule has 4 rings (SSSR count). The number of anilines is 4. The van der Waals surface area contributed by atoms with Crippen molar-refractivity contribution in [2.45, 2.75) is 46.0 Å². The lowest BCUT2D eigenvalue weighted by molar-refractivity contribution is -0.130. The highest BCUT2D eigenvalue weighted by Crippen LogP contribution is 2.35. The smallest absolute Gasteiger partial charge is 0.417 e. The van der Waals surface area contributed by atoms with Crippen LogP contribution in [0.1, 0.15) is 45.1 Å². The van der Waals surface area contributed by atoms with Gasteiger partial charge in [-0.2, -0.15) is 4.98 Å². The van der Waals surface area contributed by atoms with Crippen LogP contribution < -0.4 is 19.7 Å². The summed E-state index contributed by atoms with van der Waals surface area (Å²) >= 11 is 0. The number of hydrogen-bond donors (Lipinski definition) is 2. The Morgan fingerprint density at radius 3 is 2.50 bits per heavy atom. The van der Waals surface area contributed by atoms with Crippen molar-refractivity contribution in [2.24, 2.45) is 0 Å². The predicted molar refractivity (Wildman–Crippen MR) is 167 cm³/mol. The fraction of sp³-hybridized carbons (Fsp3) is 0.438. The Labute approximate surface area is 257 Å². The van der Waals surface area contributed by atoms with Crippen molar-refractivity contribution in [3.8, 4) is 11.5 Å². The van der Waals surface area contributed by atoms with Crippen LogP contribution >= 0.6 is 0 Å². The molecule has 2 heterocycles. The lowest BCUT2D eigenvalue weighted by Gasteiger charge is -2.26. The number of halogens is 1. The van der Waals surface area contributed by atoms with Gasteiger partial charge in [-0.1, -0.05) is 12.5 Å². The maximum atomic E-state index is 14.8. The Balaban J connectivity index is 1.44. The van der Waals surface area contributed by atoms with E-state index < -0.39 is 11.9 Å². The summed E-state index contributed by atoms with van der Waals surface area (Å²) in [4.78, 5) is 38.6. The highest BCUT2D eigenvalue weighted by Gasteiger charge is 2.24. The number of rotatable bonds is 14. The van der Waals surface area contributed by atoms with Crippen molar-refractivity contribution >= 4 is 35.1 Å². The van der Waals surface area contributed by atoms with Crippen LogP contribution in [0.25, 0.3) is 0 Å². The van der Waals surface area contributed by atoms with Gasteiger partial charge in [-0.05, 0) is 76.0 Å². The van der Waals surface area contributed by atoms with Crippen LogP contribution in [0.4, 0.5) is 32.3 Å². The molecule has 0 aliphatic carbocycles. The lowest BCUT2D eigenvalue weighted by Crippen LogP contribution is -2.31. The summed E-state index contributed by atoms with van der Waals surface area (Å²) in [5, 5.41) is 13.1. The number of methoxy groups -OCH3 is 1. The van der Waals surface area contributed by atoms with Crippen LogP contribution in [0.5, 0.6) is 11.5 Å². The van der Waals surface area contributed by atoms with Crippen molar-refractivity contribution in [1.82, 2.24) is 19.8 Å². The standard InChI is InChI=1S/C32H41FN6O5/c1-4-38(5-2)30(40)21-23-10-12-26(28(20-23)43-3)39(32(41)42)29-14-15-34-31(36-29)35-24-11-13-27(25(33)22-24)44-19-9-18-37-16-7-6-8-17-37/h10-15,20,22H,4-9,16-19,21H2,1-3H3,(H,41,42)(H,34,35,36). The molecular weight excluding hydrogens is 567 g/mol. The number of carbonyl (C=O) groups is 2. The molecular formula is C32H41FN6O5. The second kappa shape index (κ2) is 15.9. The number of hydrogen-bond acceptors (Lipinski definition) is 8. The lowest BCUT2D eigenvalue weighted by atomic mass is 10.1. The highest BCUT2D eigenvalue weighted by atomic mass is 19.1. The number of carbonyl (C=O) groups excluding carboxylic acids is 1. The summed E-state index contributed by atoms with van der Waals surface area (Å²) in [5.41, 5.74) is 1.29. The van der Waals surface area contributed by atoms with Crippen LogP contribution in [-0.4, -0.2) is 83.3 Å². The Morgan fingerprint density at radius 2 is 1.82 bits per heavy atom. The van der Waals surface area contributed by atoms with E-state index >= 15 is 0 Å². The maximum Gasteiger partial charge on any atom is 0.417 e. The number of piperidine rings is 1. The summed E-state index contributed by atoms with van der Waals surface area (Å²) in [6.45, 7) is 8.62. The Morgan fingerprint density at radius 1 is 1.05 bits per heavy atom. The van der Waals surface area contributed by atoms with Gasteiger partial charge in [-0.3, -0.25) is 4.79 Å². The summed E-state index contributed by atoms with van der Waals surface area (Å²) in [6, 6.07) is 10.8. The van der Waals surface area contributed by atoms with E-state index in [2.05, 4.69) is 20.2 Å². The van der Waals surface area contributed by atoms with Gasteiger partial charge in [0.1, 0.15) is 11.6 Å². The average molecular weight is 609 g/mol. The minimum atomic E-state index is -1.30. The molecule has 1 aromatic heterocycles. The topological polar surface area (TPSA) is 120 Å². The molecule has 1 saturated heterocycles. The average Bonchev–Trinajstić information content (AvgIpc) is 3.02. The van der Waals surface area contributed by atoms with E-state index in [-0.39, 0.29) is 41.3 Å². The van der Waals surface area contributed by atoms with E-state index in [0.29, 0.717) is 30.9 Å². The molecule has 236 valence electrons. The van der Waals surface area contributed by atoms with Gasteiger partial charge in [-0.15, -0.1) is 0 Å². The van der Waals surface area contributed by atoms with Crippen molar-refractivity contribution < 1.29 is 28.6 Å². The third-order valence-corrected chi connectivity index (χ3v) is 7.53. The molecule has 1 fully saturated rings. The molecule has 1 aliphatic heterocycles. The van der Waals surface area contributed by atoms with Gasteiger partial charge in [0.25, 0.3) is 0 Å². The third kappa shape index (κ3) is 8.56. The van der Waals surface area contributed by atoms with Crippen LogP contribution in [0.15, 0.2) is 48.7 Å². The number of likely N-dealkylation sites (tertiary alicyclic amines) is 1. The second-order valence-electron chi connectivity index (χ2n) is 10.5. The SMILES string of the molecule is CCN(CC)C(=O)Cc1ccc(N(C(=O)O)c2ccnc(Nc3ccc(OCCCN4CCCCC4)c(F)c3)n2)c(OC)c1. The number of aromatic nitrogens is 2. The zero-order valence-electron chi connectivity index (χ0n) is 25.6. The van der Waals surface area contributed by atoms with Crippen LogP contribution in [0, 0.1) is 5.82 Å². The first-order valence-electron chi connectivity index (χ1n) is 15.0. The molecule has 44 heavy (non-hydrogen) atoms. The van der Waals surface area contributed by atoms with E-state index in [1.165, 1.54) is 44.7 Å². The molecule has 2 N–H and O–H groups in total. The highest BCUT2D eigenvalue weighted by molar-refractivity contribution is 5.95. The van der Waals surface area contributed by atoms with Gasteiger partial charge in [-0.25, -0.2) is 19.1 Å². The van der Waals surface area contributed by atoms with E-state index in [1.54, 1.807) is 35.2 Å². The summed E-state index contributed by atoms with van der Waals surface area (Å²) in [5.74, 6) is -0.0109. The largest absolute Gasteiger partial charge is 0.495 e. The molecule has 2 amide bonds. The normalized spacial score (nSPS) is 13.3. The first kappa shape index (κ1) is 32.5. The van der Waals surface area contributed by atoms with E-state index in [4.69, 9.17) is 9.47 Å². The Hall–Kier alpha value is -4.45. The van der Waals surface area contributed by atoms with Crippen molar-refractivity contribution in [3.05, 3.63) is 60.0 Å². The molecule has 0 bridgehead atoms. The number of benzene rings is 2. The fourth-order valence-corrected chi connectivity index (χ4v) is 5.22. The molecule has 3 aromatic rings. The molecule has 1 aliphatic rings. The third-order valence-electron chi connectivity index (χ3n) is 7.53. The molecule has 0 spiro atoms. The zero-order chi connectivity index (χ0) is 31.5. The van der Waals surface area contributed by atoms with Gasteiger partial charge >= 0.3 is 6.09 Å². The minimum absolute atomic E-state index is 0.0321. The van der Waals surface area contributed by atoms with Crippen LogP contribution in [0.3, 0.4) is 0 Å². The molecule has 2 aromatic carbocycles. The fourth-order valence-electron chi connectivity index (χ4n) is 5.22. The van der Waals surface area contributed by atoms with Crippen molar-refractivity contribution in [2.75, 3.05) is 56.7 Å². The quantitative estimate of drug-likeness (QED) is 0.217. The maximum absolute atomic E-state index is 14.8. The first-order valence-corrected chi connectivity index (χ1v) is 15.0. The zero-order valence-corrected chi connectivity index (χ0v) is 25.6. The molecule has 11 nitrogen and oxygen atoms in total. The van der Waals surface area contributed by atoms with Crippen molar-refractivity contribution in [1.29, 1.82) is 0 Å². The number of ether oxygens (including phenoxy) is 2. The second-order valence-corrected chi connectivity index (χ2v) is 10.5. The van der Waals surface area contributed by atoms with E-state index in [9.17, 15) is 19.1 Å². The predicted octanol–water partition coefficient (Wildman–Crippen LogP) is 5.85. The van der Waals surface area contributed by atoms with Gasteiger partial charge < -0.3 is 29.7 Å². The van der Waals surface area contributed by atoms with Gasteiger partial charge in [0.2, 0.25) is 11.9 Å².